The van der Waals surface area contributed by atoms with E-state index in [1.165, 1.54) is 37.1 Å². The zero-order chi connectivity index (χ0) is 70.3. The number of ether oxygens (including phenoxy) is 8. The number of alkyl carbamates (subject to hydrolysis) is 3. The molecule has 1 saturated carbocycles. The van der Waals surface area contributed by atoms with Gasteiger partial charge in [0.05, 0.1) is 42.3 Å². The van der Waals surface area contributed by atoms with Crippen LogP contribution in [0.4, 0.5) is 29.7 Å². The average molecular weight is 1340 g/mol. The van der Waals surface area contributed by atoms with Crippen LogP contribution in [0.15, 0.2) is 41.0 Å². The molecule has 1 aromatic carbocycles. The van der Waals surface area contributed by atoms with Crippen molar-refractivity contribution in [3.63, 3.8) is 0 Å². The number of hydrogen-bond donors (Lipinski definition) is 8. The van der Waals surface area contributed by atoms with Crippen LogP contribution in [0, 0.1) is 16.0 Å². The molecule has 8 N–H and O–H groups in total. The number of carbonyl (C=O) groups excluding carboxylic acids is 6. The predicted molar refractivity (Wildman–Crippen MR) is 335 cm³/mol. The highest BCUT2D eigenvalue weighted by molar-refractivity contribution is 7.89. The van der Waals surface area contributed by atoms with E-state index in [1.54, 1.807) is 111 Å². The molecule has 6 amide bonds. The zero-order valence-corrected chi connectivity index (χ0v) is 57.7. The Bertz CT molecular complexity index is 2940. The van der Waals surface area contributed by atoms with Crippen molar-refractivity contribution < 1.29 is 100 Å². The fourth-order valence-electron chi connectivity index (χ4n) is 11.2. The van der Waals surface area contributed by atoms with Gasteiger partial charge in [0.1, 0.15) is 63.8 Å². The number of para-hydroxylation sites is 1. The van der Waals surface area contributed by atoms with Crippen LogP contribution in [-0.4, -0.2) is 250 Å². The number of benzene rings is 1. The minimum absolute atomic E-state index is 0.0540. The number of sulfonamides is 1. The summed E-state index contributed by atoms with van der Waals surface area (Å²) >= 11 is 0. The van der Waals surface area contributed by atoms with Gasteiger partial charge in [-0.25, -0.2) is 32.4 Å². The van der Waals surface area contributed by atoms with Gasteiger partial charge in [-0.05, 0) is 156 Å². The van der Waals surface area contributed by atoms with Gasteiger partial charge in [-0.2, -0.15) is 4.31 Å². The molecule has 0 aromatic heterocycles. The van der Waals surface area contributed by atoms with Crippen LogP contribution in [0.25, 0.3) is 0 Å². The number of nitro benzene ring substituents is 1. The van der Waals surface area contributed by atoms with Gasteiger partial charge in [-0.1, -0.05) is 12.1 Å². The molecule has 0 radical (unpaired) electrons. The molecule has 0 spiro atoms. The van der Waals surface area contributed by atoms with Crippen molar-refractivity contribution in [2.24, 2.45) is 5.92 Å². The Morgan fingerprint density at radius 2 is 1.35 bits per heavy atom. The lowest BCUT2D eigenvalue weighted by molar-refractivity contribution is -0.387. The largest absolute Gasteiger partial charge is 0.491 e. The van der Waals surface area contributed by atoms with Crippen LogP contribution in [0.3, 0.4) is 0 Å². The highest BCUT2D eigenvalue weighted by Gasteiger charge is 2.57. The molecule has 32 heteroatoms. The minimum atomic E-state index is -4.87. The zero-order valence-electron chi connectivity index (χ0n) is 56.9. The van der Waals surface area contributed by atoms with Crippen molar-refractivity contribution in [1.82, 2.24) is 40.3 Å². The van der Waals surface area contributed by atoms with Crippen molar-refractivity contribution in [2.75, 3.05) is 60.0 Å². The van der Waals surface area contributed by atoms with Crippen LogP contribution < -0.4 is 21.3 Å². The highest BCUT2D eigenvalue weighted by Crippen LogP contribution is 2.40. The topological polar surface area (TPSA) is 396 Å². The number of rotatable bonds is 19. The molecule has 3 heterocycles. The highest BCUT2D eigenvalue weighted by atomic mass is 32.2. The summed E-state index contributed by atoms with van der Waals surface area (Å²) in [4.78, 5) is 97.2. The van der Waals surface area contributed by atoms with E-state index in [2.05, 4.69) is 21.3 Å². The molecule has 3 aliphatic heterocycles. The van der Waals surface area contributed by atoms with Gasteiger partial charge in [0.25, 0.3) is 5.69 Å². The maximum atomic E-state index is 15.1. The lowest BCUT2D eigenvalue weighted by Crippen LogP contribution is -2.71. The van der Waals surface area contributed by atoms with Gasteiger partial charge in [0.15, 0.2) is 11.2 Å². The molecule has 2 unspecified atom stereocenters. The Labute approximate surface area is 544 Å². The number of likely N-dealkylation sites (N-methyl/N-ethyl adjacent to an activating group) is 2. The second-order valence-electron chi connectivity index (χ2n) is 29.2. The average Bonchev–Trinajstić information content (AvgIpc) is 0.803. The summed E-state index contributed by atoms with van der Waals surface area (Å²) in [7, 11) is -1.80. The van der Waals surface area contributed by atoms with Gasteiger partial charge in [0.2, 0.25) is 15.9 Å². The summed E-state index contributed by atoms with van der Waals surface area (Å²) in [5.41, 5.74) is -7.65. The maximum Gasteiger partial charge on any atom is 0.410 e. The molecular formula is C61H101N9O22S. The van der Waals surface area contributed by atoms with Crippen LogP contribution in [0.5, 0.6) is 0 Å². The number of nitro groups is 1. The first-order valence-electron chi connectivity index (χ1n) is 31.1. The lowest BCUT2D eigenvalue weighted by atomic mass is 9.72. The molecule has 4 aliphatic rings. The molecule has 13 atom stereocenters. The molecule has 1 aromatic rings. The summed E-state index contributed by atoms with van der Waals surface area (Å²) in [5, 5.41) is 71.9. The summed E-state index contributed by atoms with van der Waals surface area (Å²) < 4.78 is 78.6. The Balaban J connectivity index is 1.67. The SMILES string of the molecule is CN1CCN(C(=O)OC(C)(C)C)CC1CCN(CC1=CC[C@@H](NC(=O)OC(C)(C)C)[C@@H](C2[C@@H](NC(=O)OC(C)(C)C)C[C@@H](NC(=O)[C@@H](O)CCNC(=O)OC(C)(C)C)[C@H](O[C@H]3OC[C@](C)(O)[C@H](N(C)C(=O)OC(C)(C)C)[C@H]3O)[C@H]2O)O1)S(=O)(=O)c1ccccc1[N+](=O)[O-]. The third-order valence-electron chi connectivity index (χ3n) is 15.2. The number of hydrogen-bond acceptors (Lipinski definition) is 23. The maximum absolute atomic E-state index is 15.1. The summed E-state index contributed by atoms with van der Waals surface area (Å²) in [6.45, 7) is 24.8. The summed E-state index contributed by atoms with van der Waals surface area (Å²) in [6, 6.07) is -1.41. The van der Waals surface area contributed by atoms with Crippen molar-refractivity contribution in [2.45, 2.75) is 242 Å². The first kappa shape index (κ1) is 77.3. The predicted octanol–water partition coefficient (Wildman–Crippen LogP) is 4.22. The molecule has 528 valence electrons. The van der Waals surface area contributed by atoms with E-state index in [4.69, 9.17) is 37.9 Å². The molecule has 31 nitrogen and oxygen atoms in total. The van der Waals surface area contributed by atoms with E-state index in [0.29, 0.717) is 13.1 Å². The standard InChI is InChI=1S/C61H101N9O22S/c1-56(2,3)88-51(75)62-27-25-41(71)49(74)63-39-31-38(65-53(77)90-58(7,8)9)43(44(72)47(39)87-50-45(73)48(61(16,80)34-85-50)67(18)54(78)91-59(10,11)12)46-37(64-52(76)89-57(4,5)6)24-23-36(86-46)33-69(93(83,84)42-22-20-19-21-40(42)70(81)82)28-26-35-32-68(30-29-66(35)17)55(79)92-60(13,14)15/h19-23,35,37-39,41,43-48,50,71-73,80H,24-34H2,1-18H3,(H,62,75)(H,63,74)(H,64,76)(H,65,77)/t35?,37-,38+,39-,41+,43?,44+,45-,46+,47+,48-,50-,61+/m1/s1. The Hall–Kier alpha value is -6.39. The number of carbonyl (C=O) groups is 6. The Kier molecular flexibility index (Phi) is 25.4. The van der Waals surface area contributed by atoms with Gasteiger partial charge < -0.3 is 89.4 Å². The van der Waals surface area contributed by atoms with Crippen LogP contribution in [-0.2, 0) is 52.7 Å². The van der Waals surface area contributed by atoms with Gasteiger partial charge in [0, 0.05) is 63.8 Å². The van der Waals surface area contributed by atoms with Gasteiger partial charge in [-0.3, -0.25) is 19.8 Å². The molecule has 93 heavy (non-hydrogen) atoms. The van der Waals surface area contributed by atoms with Crippen molar-refractivity contribution in [3.8, 4) is 0 Å². The second kappa shape index (κ2) is 30.6. The first-order chi connectivity index (χ1) is 42.6. The number of nitrogens with zero attached hydrogens (tertiary/aromatic N) is 5. The minimum Gasteiger partial charge on any atom is -0.491 e. The third-order valence-corrected chi connectivity index (χ3v) is 17.1. The molecule has 5 rings (SSSR count). The van der Waals surface area contributed by atoms with Crippen molar-refractivity contribution >= 4 is 52.1 Å². The molecule has 0 bridgehead atoms. The number of aliphatic hydroxyl groups excluding tert-OH is 3. The second-order valence-corrected chi connectivity index (χ2v) is 31.1. The monoisotopic (exact) mass is 1340 g/mol. The quantitative estimate of drug-likeness (QED) is 0.0546. The molecular weight excluding hydrogens is 1240 g/mol. The molecule has 1 aliphatic carbocycles. The van der Waals surface area contributed by atoms with Crippen molar-refractivity contribution in [1.29, 1.82) is 0 Å². The van der Waals surface area contributed by atoms with E-state index < -0.39 is 188 Å². The molecule has 3 fully saturated rings. The number of nitrogens with one attached hydrogen (secondary N) is 4. The molecule has 2 saturated heterocycles. The van der Waals surface area contributed by atoms with Crippen LogP contribution in [0.2, 0.25) is 0 Å². The Morgan fingerprint density at radius 1 is 0.796 bits per heavy atom. The van der Waals surface area contributed by atoms with E-state index >= 15 is 8.42 Å². The number of aliphatic hydroxyl groups is 4. The first-order valence-corrected chi connectivity index (χ1v) is 32.5. The van der Waals surface area contributed by atoms with Crippen molar-refractivity contribution in [3.05, 3.63) is 46.2 Å². The Morgan fingerprint density at radius 3 is 1.92 bits per heavy atom. The fraction of sp³-hybridized carbons (Fsp3) is 0.770. The van der Waals surface area contributed by atoms with Crippen LogP contribution in [0.1, 0.15) is 136 Å². The van der Waals surface area contributed by atoms with Crippen LogP contribution >= 0.6 is 0 Å². The fourth-order valence-corrected chi connectivity index (χ4v) is 12.8. The third kappa shape index (κ3) is 22.6. The smallest absolute Gasteiger partial charge is 0.410 e. The lowest BCUT2D eigenvalue weighted by Gasteiger charge is -2.52. The van der Waals surface area contributed by atoms with E-state index in [0.717, 1.165) is 21.3 Å². The van der Waals surface area contributed by atoms with Gasteiger partial charge in [-0.15, -0.1) is 0 Å². The normalized spacial score (nSPS) is 27.1. The summed E-state index contributed by atoms with van der Waals surface area (Å²) in [6.07, 6.45) is -15.0. The summed E-state index contributed by atoms with van der Waals surface area (Å²) in [5.74, 6) is -2.74. The van der Waals surface area contributed by atoms with E-state index in [9.17, 15) is 59.3 Å². The number of piperazine rings is 1. The van der Waals surface area contributed by atoms with Gasteiger partial charge >= 0.3 is 30.5 Å². The van der Waals surface area contributed by atoms with E-state index in [1.807, 2.05) is 4.90 Å². The number of amides is 6. The van der Waals surface area contributed by atoms with E-state index in [-0.39, 0.29) is 44.7 Å².